The molecular formula is C12H17ClS. The van der Waals surface area contributed by atoms with Crippen molar-refractivity contribution in [3.05, 3.63) is 29.8 Å². The van der Waals surface area contributed by atoms with E-state index in [-0.39, 0.29) is 0 Å². The average molecular weight is 229 g/mol. The normalized spacial score (nSPS) is 10.9. The molecule has 0 bridgehead atoms. The van der Waals surface area contributed by atoms with Gasteiger partial charge in [-0.2, -0.15) is 0 Å². The molecule has 14 heavy (non-hydrogen) atoms. The lowest BCUT2D eigenvalue weighted by Gasteiger charge is -2.06. The second-order valence-corrected chi connectivity index (χ2v) is 5.16. The predicted molar refractivity (Wildman–Crippen MR) is 66.6 cm³/mol. The van der Waals surface area contributed by atoms with Crippen LogP contribution in [0.2, 0.25) is 0 Å². The van der Waals surface area contributed by atoms with Crippen LogP contribution in [0.15, 0.2) is 29.2 Å². The van der Waals surface area contributed by atoms with Crippen molar-refractivity contribution >= 4 is 23.4 Å². The molecule has 0 unspecified atom stereocenters. The van der Waals surface area contributed by atoms with E-state index in [0.29, 0.717) is 5.92 Å². The third kappa shape index (κ3) is 3.93. The molecule has 0 saturated carbocycles. The monoisotopic (exact) mass is 228 g/mol. The molecule has 0 amide bonds. The molecule has 0 heterocycles. The molecule has 0 nitrogen and oxygen atoms in total. The van der Waals surface area contributed by atoms with Crippen molar-refractivity contribution in [1.29, 1.82) is 0 Å². The van der Waals surface area contributed by atoms with Crippen molar-refractivity contribution in [1.82, 2.24) is 0 Å². The Hall–Kier alpha value is -0.140. The summed E-state index contributed by atoms with van der Waals surface area (Å²) in [5.74, 6) is 2.50. The van der Waals surface area contributed by atoms with Crippen molar-refractivity contribution in [2.45, 2.75) is 31.1 Å². The fraction of sp³-hybridized carbons (Fsp3) is 0.500. The van der Waals surface area contributed by atoms with Crippen LogP contribution in [-0.2, 0) is 0 Å². The van der Waals surface area contributed by atoms with Crippen LogP contribution in [0.1, 0.15) is 31.7 Å². The molecule has 1 rings (SSSR count). The molecule has 0 spiro atoms. The summed E-state index contributed by atoms with van der Waals surface area (Å²) in [5.41, 5.74) is 1.41. The maximum atomic E-state index is 5.62. The van der Waals surface area contributed by atoms with E-state index in [1.54, 1.807) is 0 Å². The Bertz CT molecular complexity index is 254. The van der Waals surface area contributed by atoms with Crippen molar-refractivity contribution < 1.29 is 0 Å². The van der Waals surface area contributed by atoms with E-state index < -0.39 is 0 Å². The van der Waals surface area contributed by atoms with Gasteiger partial charge in [-0.15, -0.1) is 23.4 Å². The highest BCUT2D eigenvalue weighted by atomic mass is 35.5. The van der Waals surface area contributed by atoms with E-state index in [1.807, 2.05) is 11.8 Å². The molecule has 0 aliphatic carbocycles. The number of rotatable bonds is 5. The molecular weight excluding hydrogens is 212 g/mol. The average Bonchev–Trinajstić information content (AvgIpc) is 2.19. The third-order valence-electron chi connectivity index (χ3n) is 2.09. The number of hydrogen-bond acceptors (Lipinski definition) is 1. The zero-order valence-electron chi connectivity index (χ0n) is 8.79. The number of benzene rings is 1. The van der Waals surface area contributed by atoms with E-state index in [4.69, 9.17) is 11.6 Å². The molecule has 1 aromatic carbocycles. The quantitative estimate of drug-likeness (QED) is 0.405. The molecule has 2 heteroatoms. The second kappa shape index (κ2) is 6.36. The fourth-order valence-corrected chi connectivity index (χ4v) is 2.34. The minimum Gasteiger partial charge on any atom is -0.127 e. The first-order valence-corrected chi connectivity index (χ1v) is 6.54. The first-order chi connectivity index (χ1) is 6.74. The zero-order chi connectivity index (χ0) is 10.4. The summed E-state index contributed by atoms with van der Waals surface area (Å²) in [6.07, 6.45) is 1.08. The fourth-order valence-electron chi connectivity index (χ4n) is 1.19. The van der Waals surface area contributed by atoms with Gasteiger partial charge in [0.15, 0.2) is 0 Å². The lowest BCUT2D eigenvalue weighted by atomic mass is 10.0. The minimum atomic E-state index is 0.622. The predicted octanol–water partition coefficient (Wildman–Crippen LogP) is 4.53. The van der Waals surface area contributed by atoms with Gasteiger partial charge in [-0.25, -0.2) is 0 Å². The lowest BCUT2D eigenvalue weighted by molar-refractivity contribution is 0.865. The summed E-state index contributed by atoms with van der Waals surface area (Å²) >= 11 is 7.50. The molecule has 0 saturated heterocycles. The standard InChI is InChI=1S/C12H17ClS/c1-10(2)11-4-6-12(7-5-11)14-9-3-8-13/h4-7,10H,3,8-9H2,1-2H3. The molecule has 0 radical (unpaired) electrons. The first-order valence-electron chi connectivity index (χ1n) is 5.02. The summed E-state index contributed by atoms with van der Waals surface area (Å²) in [4.78, 5) is 1.35. The summed E-state index contributed by atoms with van der Waals surface area (Å²) in [6.45, 7) is 4.44. The Kier molecular flexibility index (Phi) is 5.42. The molecule has 0 aromatic heterocycles. The summed E-state index contributed by atoms with van der Waals surface area (Å²) in [7, 11) is 0. The molecule has 0 fully saturated rings. The smallest absolute Gasteiger partial charge is 0.0231 e. The molecule has 78 valence electrons. The molecule has 0 N–H and O–H groups in total. The van der Waals surface area contributed by atoms with E-state index >= 15 is 0 Å². The van der Waals surface area contributed by atoms with Crippen LogP contribution in [0.25, 0.3) is 0 Å². The van der Waals surface area contributed by atoms with Crippen LogP contribution in [-0.4, -0.2) is 11.6 Å². The van der Waals surface area contributed by atoms with Gasteiger partial charge >= 0.3 is 0 Å². The summed E-state index contributed by atoms with van der Waals surface area (Å²) in [5, 5.41) is 0. The van der Waals surface area contributed by atoms with Crippen LogP contribution >= 0.6 is 23.4 Å². The van der Waals surface area contributed by atoms with Crippen LogP contribution in [0, 0.1) is 0 Å². The highest BCUT2D eigenvalue weighted by Crippen LogP contribution is 2.22. The van der Waals surface area contributed by atoms with Crippen LogP contribution < -0.4 is 0 Å². The first kappa shape index (κ1) is 11.9. The second-order valence-electron chi connectivity index (χ2n) is 3.61. The summed E-state index contributed by atoms with van der Waals surface area (Å²) in [6, 6.07) is 8.84. The maximum absolute atomic E-state index is 5.62. The largest absolute Gasteiger partial charge is 0.127 e. The molecule has 0 aliphatic rings. The van der Waals surface area contributed by atoms with Gasteiger partial charge in [-0.1, -0.05) is 26.0 Å². The SMILES string of the molecule is CC(C)c1ccc(SCCCCl)cc1. The zero-order valence-corrected chi connectivity index (χ0v) is 10.4. The van der Waals surface area contributed by atoms with Gasteiger partial charge in [-0.3, -0.25) is 0 Å². The maximum Gasteiger partial charge on any atom is 0.0231 e. The Morgan fingerprint density at radius 1 is 1.21 bits per heavy atom. The van der Waals surface area contributed by atoms with E-state index in [0.717, 1.165) is 18.1 Å². The van der Waals surface area contributed by atoms with Gasteiger partial charge in [0, 0.05) is 10.8 Å². The van der Waals surface area contributed by atoms with Gasteiger partial charge in [-0.05, 0) is 35.8 Å². The van der Waals surface area contributed by atoms with E-state index in [9.17, 15) is 0 Å². The van der Waals surface area contributed by atoms with Crippen molar-refractivity contribution in [3.8, 4) is 0 Å². The van der Waals surface area contributed by atoms with E-state index in [1.165, 1.54) is 10.5 Å². The number of hydrogen-bond donors (Lipinski definition) is 0. The molecule has 0 atom stereocenters. The minimum absolute atomic E-state index is 0.622. The number of alkyl halides is 1. The van der Waals surface area contributed by atoms with Gasteiger partial charge in [0.2, 0.25) is 0 Å². The van der Waals surface area contributed by atoms with Crippen molar-refractivity contribution in [2.24, 2.45) is 0 Å². The number of halogens is 1. The highest BCUT2D eigenvalue weighted by Gasteiger charge is 1.98. The van der Waals surface area contributed by atoms with Crippen LogP contribution in [0.3, 0.4) is 0 Å². The van der Waals surface area contributed by atoms with Crippen molar-refractivity contribution in [3.63, 3.8) is 0 Å². The number of thioether (sulfide) groups is 1. The topological polar surface area (TPSA) is 0 Å². The Labute approximate surface area is 96.0 Å². The Morgan fingerprint density at radius 2 is 1.86 bits per heavy atom. The third-order valence-corrected chi connectivity index (χ3v) is 3.46. The Morgan fingerprint density at radius 3 is 2.36 bits per heavy atom. The lowest BCUT2D eigenvalue weighted by Crippen LogP contribution is -1.86. The highest BCUT2D eigenvalue weighted by molar-refractivity contribution is 7.99. The van der Waals surface area contributed by atoms with Gasteiger partial charge in [0.1, 0.15) is 0 Å². The van der Waals surface area contributed by atoms with Gasteiger partial charge < -0.3 is 0 Å². The summed E-state index contributed by atoms with van der Waals surface area (Å²) < 4.78 is 0. The molecule has 0 aliphatic heterocycles. The van der Waals surface area contributed by atoms with Crippen LogP contribution in [0.5, 0.6) is 0 Å². The van der Waals surface area contributed by atoms with Crippen molar-refractivity contribution in [2.75, 3.05) is 11.6 Å². The van der Waals surface area contributed by atoms with E-state index in [2.05, 4.69) is 38.1 Å². The van der Waals surface area contributed by atoms with Gasteiger partial charge in [0.25, 0.3) is 0 Å². The van der Waals surface area contributed by atoms with Crippen LogP contribution in [0.4, 0.5) is 0 Å². The van der Waals surface area contributed by atoms with Gasteiger partial charge in [0.05, 0.1) is 0 Å². The molecule has 1 aromatic rings. The Balaban J connectivity index is 2.47.